The van der Waals surface area contributed by atoms with Crippen LogP contribution in [0.5, 0.6) is 0 Å². The molecule has 114 valence electrons. The predicted octanol–water partition coefficient (Wildman–Crippen LogP) is 2.76. The zero-order chi connectivity index (χ0) is 15.7. The zero-order valence-corrected chi connectivity index (χ0v) is 12.9. The minimum absolute atomic E-state index is 0.114. The number of fused-ring (bicyclic) bond motifs is 1. The van der Waals surface area contributed by atoms with Crippen molar-refractivity contribution in [3.05, 3.63) is 42.2 Å². The van der Waals surface area contributed by atoms with Gasteiger partial charge in [-0.25, -0.2) is 4.68 Å². The van der Waals surface area contributed by atoms with Gasteiger partial charge in [0.15, 0.2) is 5.82 Å². The maximum Gasteiger partial charge on any atom is 0.245 e. The smallest absolute Gasteiger partial charge is 0.245 e. The third-order valence-corrected chi connectivity index (χ3v) is 3.61. The van der Waals surface area contributed by atoms with Crippen molar-refractivity contribution in [2.45, 2.75) is 33.4 Å². The van der Waals surface area contributed by atoms with E-state index in [0.29, 0.717) is 5.82 Å². The van der Waals surface area contributed by atoms with E-state index in [1.165, 1.54) is 5.39 Å². The van der Waals surface area contributed by atoms with Gasteiger partial charge >= 0.3 is 0 Å². The van der Waals surface area contributed by atoms with Crippen LogP contribution in [0.1, 0.15) is 25.5 Å². The molecule has 0 unspecified atom stereocenters. The van der Waals surface area contributed by atoms with Gasteiger partial charge in [-0.2, -0.15) is 0 Å². The summed E-state index contributed by atoms with van der Waals surface area (Å²) in [6.45, 7) is 6.32. The molecule has 3 aromatic rings. The molecule has 0 saturated heterocycles. The van der Waals surface area contributed by atoms with Crippen molar-refractivity contribution >= 4 is 22.6 Å². The number of aromatic nitrogens is 4. The summed E-state index contributed by atoms with van der Waals surface area (Å²) in [6.07, 6.45) is 3.73. The fourth-order valence-corrected chi connectivity index (χ4v) is 2.48. The molecule has 1 amide bonds. The van der Waals surface area contributed by atoms with E-state index in [4.69, 9.17) is 0 Å². The minimum Gasteiger partial charge on any atom is -0.338 e. The molecule has 0 bridgehead atoms. The second-order valence-corrected chi connectivity index (χ2v) is 5.68. The van der Waals surface area contributed by atoms with Crippen molar-refractivity contribution in [3.63, 3.8) is 0 Å². The van der Waals surface area contributed by atoms with Gasteiger partial charge in [-0.15, -0.1) is 5.10 Å². The third-order valence-electron chi connectivity index (χ3n) is 3.61. The molecule has 0 spiro atoms. The molecule has 0 saturated carbocycles. The Morgan fingerprint density at radius 1 is 1.27 bits per heavy atom. The number of hydrogen-bond donors (Lipinski definition) is 1. The van der Waals surface area contributed by atoms with Crippen molar-refractivity contribution in [1.82, 2.24) is 19.6 Å². The van der Waals surface area contributed by atoms with E-state index in [2.05, 4.69) is 21.7 Å². The van der Waals surface area contributed by atoms with Crippen LogP contribution in [0.15, 0.2) is 36.7 Å². The van der Waals surface area contributed by atoms with Gasteiger partial charge in [-0.3, -0.25) is 4.79 Å². The normalized spacial score (nSPS) is 11.3. The number of benzene rings is 1. The first-order valence-corrected chi connectivity index (χ1v) is 7.31. The van der Waals surface area contributed by atoms with Crippen molar-refractivity contribution in [3.8, 4) is 0 Å². The average Bonchev–Trinajstić information content (AvgIpc) is 3.06. The molecule has 0 aliphatic rings. The van der Waals surface area contributed by atoms with E-state index in [9.17, 15) is 4.79 Å². The van der Waals surface area contributed by atoms with E-state index in [0.717, 1.165) is 11.1 Å². The van der Waals surface area contributed by atoms with E-state index < -0.39 is 0 Å². The predicted molar refractivity (Wildman–Crippen MR) is 85.7 cm³/mol. The number of rotatable bonds is 4. The van der Waals surface area contributed by atoms with Crippen molar-refractivity contribution in [2.75, 3.05) is 5.32 Å². The minimum atomic E-state index is -0.114. The molecule has 6 heteroatoms. The van der Waals surface area contributed by atoms with Gasteiger partial charge in [0.2, 0.25) is 5.91 Å². The lowest BCUT2D eigenvalue weighted by Crippen LogP contribution is -2.18. The number of amides is 1. The fourth-order valence-electron chi connectivity index (χ4n) is 2.48. The number of nitrogens with zero attached hydrogens (tertiary/aromatic N) is 4. The quantitative estimate of drug-likeness (QED) is 0.805. The summed E-state index contributed by atoms with van der Waals surface area (Å²) in [7, 11) is 0. The Balaban J connectivity index is 1.75. The molecule has 0 radical (unpaired) electrons. The van der Waals surface area contributed by atoms with Gasteiger partial charge in [0, 0.05) is 23.1 Å². The highest BCUT2D eigenvalue weighted by atomic mass is 16.2. The standard InChI is InChI=1S/C16H19N5O/c1-11(2)21-9-15(18-19-21)17-16(22)10-20-8-12(3)13-6-4-5-7-14(13)20/h4-9,11H,10H2,1-3H3,(H,17,22). The second-order valence-electron chi connectivity index (χ2n) is 5.68. The fraction of sp³-hybridized carbons (Fsp3) is 0.312. The van der Waals surface area contributed by atoms with Gasteiger partial charge in [-0.1, -0.05) is 23.4 Å². The molecule has 1 aromatic carbocycles. The lowest BCUT2D eigenvalue weighted by molar-refractivity contribution is -0.116. The Morgan fingerprint density at radius 3 is 2.77 bits per heavy atom. The summed E-state index contributed by atoms with van der Waals surface area (Å²) in [6, 6.07) is 8.28. The average molecular weight is 297 g/mol. The molecular weight excluding hydrogens is 278 g/mol. The van der Waals surface area contributed by atoms with Crippen LogP contribution in [0.3, 0.4) is 0 Å². The molecule has 2 aromatic heterocycles. The number of para-hydroxylation sites is 1. The molecule has 6 nitrogen and oxygen atoms in total. The molecule has 0 fully saturated rings. The van der Waals surface area contributed by atoms with E-state index in [1.807, 2.05) is 49.7 Å². The Morgan fingerprint density at radius 2 is 2.05 bits per heavy atom. The maximum absolute atomic E-state index is 12.2. The highest BCUT2D eigenvalue weighted by Gasteiger charge is 2.11. The highest BCUT2D eigenvalue weighted by Crippen LogP contribution is 2.20. The Kier molecular flexibility index (Phi) is 3.66. The van der Waals surface area contributed by atoms with Crippen LogP contribution in [0.25, 0.3) is 10.9 Å². The summed E-state index contributed by atoms with van der Waals surface area (Å²) >= 11 is 0. The first-order valence-electron chi connectivity index (χ1n) is 7.31. The Hall–Kier alpha value is -2.63. The number of carbonyl (C=O) groups excluding carboxylic acids is 1. The van der Waals surface area contributed by atoms with Gasteiger partial charge in [-0.05, 0) is 32.4 Å². The van der Waals surface area contributed by atoms with Crippen LogP contribution >= 0.6 is 0 Å². The van der Waals surface area contributed by atoms with Gasteiger partial charge < -0.3 is 9.88 Å². The lowest BCUT2D eigenvalue weighted by Gasteiger charge is -2.05. The van der Waals surface area contributed by atoms with Gasteiger partial charge in [0.1, 0.15) is 6.54 Å². The van der Waals surface area contributed by atoms with Crippen LogP contribution in [-0.2, 0) is 11.3 Å². The first-order chi connectivity index (χ1) is 10.5. The van der Waals surface area contributed by atoms with Crippen molar-refractivity contribution < 1.29 is 4.79 Å². The Labute approximate surface area is 128 Å². The van der Waals surface area contributed by atoms with E-state index in [-0.39, 0.29) is 18.5 Å². The molecule has 0 aliphatic heterocycles. The summed E-state index contributed by atoms with van der Waals surface area (Å²) in [5.41, 5.74) is 2.22. The van der Waals surface area contributed by atoms with Crippen LogP contribution in [0.4, 0.5) is 5.82 Å². The van der Waals surface area contributed by atoms with Crippen molar-refractivity contribution in [1.29, 1.82) is 0 Å². The largest absolute Gasteiger partial charge is 0.338 e. The van der Waals surface area contributed by atoms with Gasteiger partial charge in [0.25, 0.3) is 0 Å². The van der Waals surface area contributed by atoms with Crippen LogP contribution in [0.2, 0.25) is 0 Å². The van der Waals surface area contributed by atoms with Crippen LogP contribution in [-0.4, -0.2) is 25.5 Å². The monoisotopic (exact) mass is 297 g/mol. The topological polar surface area (TPSA) is 64.7 Å². The zero-order valence-electron chi connectivity index (χ0n) is 12.9. The maximum atomic E-state index is 12.2. The molecule has 2 heterocycles. The van der Waals surface area contributed by atoms with Crippen LogP contribution in [0, 0.1) is 6.92 Å². The van der Waals surface area contributed by atoms with Crippen molar-refractivity contribution in [2.24, 2.45) is 0 Å². The van der Waals surface area contributed by atoms with Crippen LogP contribution < -0.4 is 5.32 Å². The summed E-state index contributed by atoms with van der Waals surface area (Å²) < 4.78 is 3.66. The number of carbonyl (C=O) groups is 1. The summed E-state index contributed by atoms with van der Waals surface area (Å²) in [5, 5.41) is 11.9. The third kappa shape index (κ3) is 2.72. The number of nitrogens with one attached hydrogen (secondary N) is 1. The molecule has 3 rings (SSSR count). The highest BCUT2D eigenvalue weighted by molar-refractivity contribution is 5.91. The molecule has 1 N–H and O–H groups in total. The second kappa shape index (κ2) is 5.63. The SMILES string of the molecule is Cc1cn(CC(=O)Nc2cn(C(C)C)nn2)c2ccccc12. The van der Waals surface area contributed by atoms with E-state index in [1.54, 1.807) is 10.9 Å². The summed E-state index contributed by atoms with van der Waals surface area (Å²) in [5.74, 6) is 0.364. The number of anilines is 1. The molecular formula is C16H19N5O. The van der Waals surface area contributed by atoms with Gasteiger partial charge in [0.05, 0.1) is 6.20 Å². The summed E-state index contributed by atoms with van der Waals surface area (Å²) in [4.78, 5) is 12.2. The lowest BCUT2D eigenvalue weighted by atomic mass is 10.2. The molecule has 0 atom stereocenters. The molecule has 0 aliphatic carbocycles. The number of hydrogen-bond acceptors (Lipinski definition) is 3. The first kappa shape index (κ1) is 14.3. The van der Waals surface area contributed by atoms with E-state index >= 15 is 0 Å². The Bertz CT molecular complexity index is 815. The molecule has 22 heavy (non-hydrogen) atoms. The number of aryl methyl sites for hydroxylation is 1.